The molecule has 2 unspecified atom stereocenters. The van der Waals surface area contributed by atoms with E-state index in [1.807, 2.05) is 18.2 Å². The van der Waals surface area contributed by atoms with Crippen LogP contribution in [0.5, 0.6) is 5.75 Å². The number of nitrogens with two attached hydrogens (primary N) is 1. The van der Waals surface area contributed by atoms with Crippen LogP contribution in [0.4, 0.5) is 4.39 Å². The lowest BCUT2D eigenvalue weighted by molar-refractivity contribution is -0.132. The molecule has 2 aromatic carbocycles. The van der Waals surface area contributed by atoms with Crippen LogP contribution in [0.2, 0.25) is 0 Å². The van der Waals surface area contributed by atoms with Crippen LogP contribution in [-0.4, -0.2) is 53.5 Å². The van der Waals surface area contributed by atoms with E-state index in [1.165, 1.54) is 11.6 Å². The van der Waals surface area contributed by atoms with Crippen molar-refractivity contribution in [2.75, 3.05) is 26.2 Å². The molecule has 1 amide bonds. The van der Waals surface area contributed by atoms with Gasteiger partial charge in [-0.2, -0.15) is 0 Å². The Morgan fingerprint density at radius 2 is 1.97 bits per heavy atom. The van der Waals surface area contributed by atoms with E-state index in [0.717, 1.165) is 43.9 Å². The van der Waals surface area contributed by atoms with Crippen LogP contribution in [0, 0.1) is 12.7 Å². The predicted molar refractivity (Wildman–Crippen MR) is 133 cm³/mol. The van der Waals surface area contributed by atoms with Crippen molar-refractivity contribution in [1.29, 1.82) is 0 Å². The average molecular weight is 467 g/mol. The zero-order valence-electron chi connectivity index (χ0n) is 20.5. The molecule has 34 heavy (non-hydrogen) atoms. The van der Waals surface area contributed by atoms with E-state index in [0.29, 0.717) is 17.3 Å². The number of benzene rings is 2. The molecule has 2 atom stereocenters. The molecule has 2 heterocycles. The first-order valence-electron chi connectivity index (χ1n) is 11.9. The number of amides is 1. The normalized spacial score (nSPS) is 22.9. The Morgan fingerprint density at radius 3 is 2.62 bits per heavy atom. The van der Waals surface area contributed by atoms with Crippen molar-refractivity contribution >= 4 is 11.6 Å². The Kier molecular flexibility index (Phi) is 6.69. The van der Waals surface area contributed by atoms with Crippen molar-refractivity contribution in [3.8, 4) is 5.75 Å². The summed E-state index contributed by atoms with van der Waals surface area (Å²) in [4.78, 5) is 17.3. The third-order valence-corrected chi connectivity index (χ3v) is 7.02. The number of hydrogen-bond donors (Lipinski definition) is 2. The molecule has 0 bridgehead atoms. The van der Waals surface area contributed by atoms with Gasteiger partial charge in [-0.15, -0.1) is 0 Å². The first-order chi connectivity index (χ1) is 16.1. The highest BCUT2D eigenvalue weighted by Gasteiger charge is 2.51. The van der Waals surface area contributed by atoms with Crippen LogP contribution in [0.25, 0.3) is 5.70 Å². The van der Waals surface area contributed by atoms with Crippen molar-refractivity contribution < 1.29 is 13.9 Å². The maximum Gasteiger partial charge on any atom is 0.263 e. The van der Waals surface area contributed by atoms with Crippen molar-refractivity contribution in [2.24, 2.45) is 5.73 Å². The number of fused-ring (bicyclic) bond motifs is 1. The lowest BCUT2D eigenvalue weighted by atomic mass is 9.90. The summed E-state index contributed by atoms with van der Waals surface area (Å²) < 4.78 is 20.4. The smallest absolute Gasteiger partial charge is 0.263 e. The van der Waals surface area contributed by atoms with E-state index < -0.39 is 23.4 Å². The summed E-state index contributed by atoms with van der Waals surface area (Å²) in [6, 6.07) is 11.4. The maximum atomic E-state index is 14.6. The SMILES string of the molecule is C=C(NC1c2cc(C)cc(F)c2OC1(C)C(N)=O)c1cccc(CN2CCN(C(C)C)CC2)c1. The van der Waals surface area contributed by atoms with Crippen LogP contribution in [-0.2, 0) is 11.3 Å². The summed E-state index contributed by atoms with van der Waals surface area (Å²) in [5, 5.41) is 3.32. The third-order valence-electron chi connectivity index (χ3n) is 7.02. The number of ether oxygens (including phenoxy) is 1. The van der Waals surface area contributed by atoms with Gasteiger partial charge in [0.05, 0.1) is 0 Å². The maximum absolute atomic E-state index is 14.6. The van der Waals surface area contributed by atoms with Gasteiger partial charge in [0, 0.05) is 50.0 Å². The quantitative estimate of drug-likeness (QED) is 0.653. The van der Waals surface area contributed by atoms with Gasteiger partial charge in [-0.1, -0.05) is 24.8 Å². The van der Waals surface area contributed by atoms with Gasteiger partial charge in [0.25, 0.3) is 5.91 Å². The van der Waals surface area contributed by atoms with Gasteiger partial charge in [-0.05, 0) is 62.6 Å². The van der Waals surface area contributed by atoms with E-state index in [9.17, 15) is 9.18 Å². The molecule has 0 saturated carbocycles. The molecular weight excluding hydrogens is 431 g/mol. The number of hydrogen-bond acceptors (Lipinski definition) is 5. The molecule has 0 aromatic heterocycles. The van der Waals surface area contributed by atoms with Gasteiger partial charge in [-0.3, -0.25) is 14.6 Å². The van der Waals surface area contributed by atoms with E-state index in [2.05, 4.69) is 47.7 Å². The number of primary amides is 1. The second-order valence-electron chi connectivity index (χ2n) is 9.90. The molecule has 2 aliphatic rings. The summed E-state index contributed by atoms with van der Waals surface area (Å²) in [5.41, 5.74) is 8.30. The van der Waals surface area contributed by atoms with Gasteiger partial charge in [-0.25, -0.2) is 4.39 Å². The van der Waals surface area contributed by atoms with E-state index in [1.54, 1.807) is 13.8 Å². The zero-order chi connectivity index (χ0) is 24.6. The Bertz CT molecular complexity index is 1090. The van der Waals surface area contributed by atoms with Crippen LogP contribution in [0.1, 0.15) is 49.1 Å². The fourth-order valence-corrected chi connectivity index (χ4v) is 4.86. The standard InChI is InChI=1S/C27H35FN4O2/c1-17(2)32-11-9-31(10-12-32)16-20-7-6-8-21(15-20)19(4)30-25-22-13-18(3)14-23(28)24(22)34-27(25,5)26(29)33/h6-8,13-15,17,25,30H,4,9-12,16H2,1-3,5H3,(H2,29,33). The highest BCUT2D eigenvalue weighted by atomic mass is 19.1. The number of carbonyl (C=O) groups is 1. The highest BCUT2D eigenvalue weighted by molar-refractivity contribution is 5.86. The minimum absolute atomic E-state index is 0.0616. The molecule has 2 aromatic rings. The number of rotatable bonds is 7. The fourth-order valence-electron chi connectivity index (χ4n) is 4.86. The average Bonchev–Trinajstić information content (AvgIpc) is 3.07. The molecule has 2 aliphatic heterocycles. The van der Waals surface area contributed by atoms with Gasteiger partial charge in [0.2, 0.25) is 5.60 Å². The Hall–Kier alpha value is -2.90. The Morgan fingerprint density at radius 1 is 1.26 bits per heavy atom. The monoisotopic (exact) mass is 466 g/mol. The van der Waals surface area contributed by atoms with Crippen molar-refractivity contribution in [2.45, 2.75) is 51.9 Å². The summed E-state index contributed by atoms with van der Waals surface area (Å²) in [5.74, 6) is -1.11. The first-order valence-corrected chi connectivity index (χ1v) is 11.9. The first kappa shape index (κ1) is 24.2. The van der Waals surface area contributed by atoms with Crippen LogP contribution in [0.3, 0.4) is 0 Å². The van der Waals surface area contributed by atoms with E-state index in [-0.39, 0.29) is 5.75 Å². The summed E-state index contributed by atoms with van der Waals surface area (Å²) >= 11 is 0. The molecule has 0 spiro atoms. The van der Waals surface area contributed by atoms with Gasteiger partial charge in [0.15, 0.2) is 11.6 Å². The van der Waals surface area contributed by atoms with Crippen LogP contribution >= 0.6 is 0 Å². The minimum Gasteiger partial charge on any atom is -0.472 e. The Balaban J connectivity index is 1.51. The van der Waals surface area contributed by atoms with Crippen molar-refractivity contribution in [3.05, 3.63) is 71.0 Å². The Labute approximate surface area is 201 Å². The van der Waals surface area contributed by atoms with Crippen molar-refractivity contribution in [1.82, 2.24) is 15.1 Å². The third kappa shape index (κ3) is 4.68. The number of halogens is 1. The fraction of sp³-hybridized carbons (Fsp3) is 0.444. The second-order valence-corrected chi connectivity index (χ2v) is 9.90. The highest BCUT2D eigenvalue weighted by Crippen LogP contribution is 2.46. The predicted octanol–water partition coefficient (Wildman–Crippen LogP) is 3.60. The summed E-state index contributed by atoms with van der Waals surface area (Å²) in [7, 11) is 0. The number of aryl methyl sites for hydroxylation is 1. The molecule has 182 valence electrons. The topological polar surface area (TPSA) is 70.8 Å². The van der Waals surface area contributed by atoms with Crippen LogP contribution < -0.4 is 15.8 Å². The number of nitrogens with one attached hydrogen (secondary N) is 1. The largest absolute Gasteiger partial charge is 0.472 e. The molecule has 0 aliphatic carbocycles. The summed E-state index contributed by atoms with van der Waals surface area (Å²) in [6.07, 6.45) is 0. The molecule has 0 radical (unpaired) electrons. The lowest BCUT2D eigenvalue weighted by Crippen LogP contribution is -2.51. The molecule has 7 heteroatoms. The molecule has 4 rings (SSSR count). The molecule has 1 saturated heterocycles. The number of nitrogens with zero attached hydrogens (tertiary/aromatic N) is 2. The minimum atomic E-state index is -1.44. The van der Waals surface area contributed by atoms with Gasteiger partial charge >= 0.3 is 0 Å². The summed E-state index contributed by atoms with van der Waals surface area (Å²) in [6.45, 7) is 17.2. The molecule has 3 N–H and O–H groups in total. The van der Waals surface area contributed by atoms with Crippen LogP contribution in [0.15, 0.2) is 43.0 Å². The van der Waals surface area contributed by atoms with Crippen molar-refractivity contribution in [3.63, 3.8) is 0 Å². The molecule has 6 nitrogen and oxygen atoms in total. The lowest BCUT2D eigenvalue weighted by Gasteiger charge is -2.37. The van der Waals surface area contributed by atoms with Gasteiger partial charge in [0.1, 0.15) is 6.04 Å². The van der Waals surface area contributed by atoms with E-state index >= 15 is 0 Å². The molecule has 1 fully saturated rings. The second kappa shape index (κ2) is 9.39. The molecular formula is C27H35FN4O2. The van der Waals surface area contributed by atoms with E-state index in [4.69, 9.17) is 10.5 Å². The zero-order valence-corrected chi connectivity index (χ0v) is 20.5. The number of carbonyl (C=O) groups excluding carboxylic acids is 1. The number of piperazine rings is 1. The van der Waals surface area contributed by atoms with Gasteiger partial charge < -0.3 is 15.8 Å².